The third kappa shape index (κ3) is 2.04. The number of ether oxygens (including phenoxy) is 1. The highest BCUT2D eigenvalue weighted by molar-refractivity contribution is 6.33. The fraction of sp³-hybridized carbons (Fsp3) is 0.143. The van der Waals surface area contributed by atoms with E-state index in [4.69, 9.17) is 16.3 Å². The Hall–Kier alpha value is -2.07. The predicted molar refractivity (Wildman–Crippen MR) is 71.6 cm³/mol. The second-order valence-corrected chi connectivity index (χ2v) is 4.80. The summed E-state index contributed by atoms with van der Waals surface area (Å²) in [5.74, 6) is -0.344. The summed E-state index contributed by atoms with van der Waals surface area (Å²) in [6.45, 7) is 3.70. The van der Waals surface area contributed by atoms with Gasteiger partial charge in [-0.3, -0.25) is 5.10 Å². The minimum Gasteiger partial charge on any atom is -0.454 e. The Morgan fingerprint density at radius 1 is 1.47 bits per heavy atom. The third-order valence-electron chi connectivity index (χ3n) is 3.15. The summed E-state index contributed by atoms with van der Waals surface area (Å²) < 4.78 is 5.33. The summed E-state index contributed by atoms with van der Waals surface area (Å²) in [7, 11) is 0. The molecule has 1 aliphatic rings. The lowest BCUT2D eigenvalue weighted by Gasteiger charge is -2.14. The highest BCUT2D eigenvalue weighted by Crippen LogP contribution is 2.40. The SMILES string of the molecule is C=C1CC(c2cccc(Cl)c2-c2cn[nH]c2)OC1=O. The van der Waals surface area contributed by atoms with E-state index in [0.717, 1.165) is 16.7 Å². The van der Waals surface area contributed by atoms with Crippen LogP contribution in [0.2, 0.25) is 5.02 Å². The van der Waals surface area contributed by atoms with Gasteiger partial charge < -0.3 is 4.74 Å². The number of hydrogen-bond acceptors (Lipinski definition) is 3. The molecule has 2 aromatic rings. The number of H-pyrrole nitrogens is 1. The number of aromatic nitrogens is 2. The first-order valence-corrected chi connectivity index (χ1v) is 6.21. The molecule has 1 N–H and O–H groups in total. The van der Waals surface area contributed by atoms with Gasteiger partial charge in [-0.2, -0.15) is 5.10 Å². The van der Waals surface area contributed by atoms with E-state index in [2.05, 4.69) is 16.8 Å². The van der Waals surface area contributed by atoms with Crippen LogP contribution in [0, 0.1) is 0 Å². The molecule has 0 bridgehead atoms. The summed E-state index contributed by atoms with van der Waals surface area (Å²) >= 11 is 6.27. The average Bonchev–Trinajstić information content (AvgIpc) is 3.00. The van der Waals surface area contributed by atoms with Gasteiger partial charge in [0.25, 0.3) is 0 Å². The fourth-order valence-corrected chi connectivity index (χ4v) is 2.53. The Labute approximate surface area is 115 Å². The van der Waals surface area contributed by atoms with Gasteiger partial charge in [0.1, 0.15) is 6.10 Å². The molecule has 0 radical (unpaired) electrons. The first-order valence-electron chi connectivity index (χ1n) is 5.83. The van der Waals surface area contributed by atoms with Crippen molar-refractivity contribution in [1.82, 2.24) is 10.2 Å². The van der Waals surface area contributed by atoms with Crippen LogP contribution in [0.4, 0.5) is 0 Å². The first kappa shape index (κ1) is 12.0. The predicted octanol–water partition coefficient (Wildman–Crippen LogP) is 3.27. The summed E-state index contributed by atoms with van der Waals surface area (Å²) in [4.78, 5) is 11.5. The van der Waals surface area contributed by atoms with Gasteiger partial charge in [0, 0.05) is 39.9 Å². The van der Waals surface area contributed by atoms with Crippen molar-refractivity contribution in [1.29, 1.82) is 0 Å². The maximum Gasteiger partial charge on any atom is 0.334 e. The number of halogens is 1. The number of esters is 1. The third-order valence-corrected chi connectivity index (χ3v) is 3.46. The smallest absolute Gasteiger partial charge is 0.334 e. The van der Waals surface area contributed by atoms with E-state index in [1.54, 1.807) is 18.5 Å². The van der Waals surface area contributed by atoms with Crippen molar-refractivity contribution in [2.24, 2.45) is 0 Å². The van der Waals surface area contributed by atoms with Crippen molar-refractivity contribution in [2.45, 2.75) is 12.5 Å². The zero-order valence-electron chi connectivity index (χ0n) is 10.0. The number of nitrogens with one attached hydrogen (secondary N) is 1. The molecular weight excluding hydrogens is 264 g/mol. The number of hydrogen-bond donors (Lipinski definition) is 1. The average molecular weight is 275 g/mol. The zero-order chi connectivity index (χ0) is 13.4. The summed E-state index contributed by atoms with van der Waals surface area (Å²) in [5.41, 5.74) is 3.07. The molecule has 0 saturated carbocycles. The number of cyclic esters (lactones) is 1. The van der Waals surface area contributed by atoms with Gasteiger partial charge in [-0.05, 0) is 6.07 Å². The van der Waals surface area contributed by atoms with Crippen LogP contribution in [0.15, 0.2) is 42.7 Å². The lowest BCUT2D eigenvalue weighted by Crippen LogP contribution is -2.01. The fourth-order valence-electron chi connectivity index (χ4n) is 2.24. The summed E-state index contributed by atoms with van der Waals surface area (Å²) in [6.07, 6.45) is 3.61. The van der Waals surface area contributed by atoms with Gasteiger partial charge in [-0.1, -0.05) is 30.3 Å². The Kier molecular flexibility index (Phi) is 2.87. The highest BCUT2D eigenvalue weighted by Gasteiger charge is 2.31. The monoisotopic (exact) mass is 274 g/mol. The normalized spacial score (nSPS) is 18.7. The minimum absolute atomic E-state index is 0.330. The quantitative estimate of drug-likeness (QED) is 0.675. The molecular formula is C14H11ClN2O2. The van der Waals surface area contributed by atoms with Crippen molar-refractivity contribution < 1.29 is 9.53 Å². The number of nitrogens with zero attached hydrogens (tertiary/aromatic N) is 1. The molecule has 4 nitrogen and oxygen atoms in total. The second kappa shape index (κ2) is 4.55. The molecule has 1 saturated heterocycles. The van der Waals surface area contributed by atoms with Gasteiger partial charge in [-0.15, -0.1) is 0 Å². The molecule has 0 amide bonds. The van der Waals surface area contributed by atoms with E-state index in [-0.39, 0.29) is 12.1 Å². The number of benzene rings is 1. The van der Waals surface area contributed by atoms with Crippen LogP contribution in [0.3, 0.4) is 0 Å². The van der Waals surface area contributed by atoms with Gasteiger partial charge in [0.05, 0.1) is 6.20 Å². The van der Waals surface area contributed by atoms with Crippen LogP contribution in [0.1, 0.15) is 18.1 Å². The van der Waals surface area contributed by atoms with Gasteiger partial charge in [-0.25, -0.2) is 4.79 Å². The Morgan fingerprint density at radius 3 is 2.95 bits per heavy atom. The summed E-state index contributed by atoms with van der Waals surface area (Å²) in [5, 5.41) is 7.29. The maximum atomic E-state index is 11.5. The zero-order valence-corrected chi connectivity index (χ0v) is 10.8. The van der Waals surface area contributed by atoms with Crippen molar-refractivity contribution in [2.75, 3.05) is 0 Å². The van der Waals surface area contributed by atoms with Crippen molar-refractivity contribution in [3.05, 3.63) is 53.3 Å². The summed E-state index contributed by atoms with van der Waals surface area (Å²) in [6, 6.07) is 5.56. The lowest BCUT2D eigenvalue weighted by molar-refractivity contribution is -0.139. The highest BCUT2D eigenvalue weighted by atomic mass is 35.5. The first-order chi connectivity index (χ1) is 9.16. The van der Waals surface area contributed by atoms with E-state index in [1.807, 2.05) is 12.1 Å². The van der Waals surface area contributed by atoms with Crippen molar-refractivity contribution >= 4 is 17.6 Å². The van der Waals surface area contributed by atoms with Gasteiger partial charge in [0.2, 0.25) is 0 Å². The molecule has 5 heteroatoms. The van der Waals surface area contributed by atoms with Crippen LogP contribution in [0.25, 0.3) is 11.1 Å². The van der Waals surface area contributed by atoms with Crippen LogP contribution >= 0.6 is 11.6 Å². The molecule has 96 valence electrons. The Bertz CT molecular complexity index is 633. The number of carbonyl (C=O) groups excluding carboxylic acids is 1. The molecule has 1 unspecified atom stereocenters. The Balaban J connectivity index is 2.10. The molecule has 1 aromatic carbocycles. The molecule has 19 heavy (non-hydrogen) atoms. The minimum atomic E-state index is -0.344. The molecule has 1 aliphatic heterocycles. The van der Waals surface area contributed by atoms with E-state index in [1.165, 1.54) is 0 Å². The molecule has 3 rings (SSSR count). The van der Waals surface area contributed by atoms with Crippen LogP contribution in [-0.4, -0.2) is 16.2 Å². The van der Waals surface area contributed by atoms with Crippen LogP contribution in [-0.2, 0) is 9.53 Å². The standard InChI is InChI=1S/C14H11ClN2O2/c1-8-5-12(19-14(8)18)10-3-2-4-11(15)13(10)9-6-16-17-7-9/h2-4,6-7,12H,1,5H2,(H,16,17). The molecule has 1 atom stereocenters. The molecule has 1 fully saturated rings. The molecule has 0 aliphatic carbocycles. The molecule has 0 spiro atoms. The van der Waals surface area contributed by atoms with Crippen LogP contribution in [0.5, 0.6) is 0 Å². The maximum absolute atomic E-state index is 11.5. The number of rotatable bonds is 2. The molecule has 2 heterocycles. The van der Waals surface area contributed by atoms with Crippen molar-refractivity contribution in [3.63, 3.8) is 0 Å². The van der Waals surface area contributed by atoms with E-state index in [9.17, 15) is 4.79 Å². The second-order valence-electron chi connectivity index (χ2n) is 4.39. The topological polar surface area (TPSA) is 55.0 Å². The van der Waals surface area contributed by atoms with E-state index < -0.39 is 0 Å². The van der Waals surface area contributed by atoms with Crippen molar-refractivity contribution in [3.8, 4) is 11.1 Å². The lowest BCUT2D eigenvalue weighted by atomic mass is 9.96. The van der Waals surface area contributed by atoms with E-state index >= 15 is 0 Å². The van der Waals surface area contributed by atoms with Gasteiger partial charge >= 0.3 is 5.97 Å². The largest absolute Gasteiger partial charge is 0.454 e. The van der Waals surface area contributed by atoms with Gasteiger partial charge in [0.15, 0.2) is 0 Å². The molecule has 1 aromatic heterocycles. The van der Waals surface area contributed by atoms with Crippen LogP contribution < -0.4 is 0 Å². The van der Waals surface area contributed by atoms with E-state index in [0.29, 0.717) is 17.0 Å². The number of carbonyl (C=O) groups is 1. The number of aromatic amines is 1. The Morgan fingerprint density at radius 2 is 2.32 bits per heavy atom.